The Morgan fingerprint density at radius 1 is 1.09 bits per heavy atom. The predicted octanol–water partition coefficient (Wildman–Crippen LogP) is 4.41. The van der Waals surface area contributed by atoms with Gasteiger partial charge in [0, 0.05) is 12.1 Å². The average molecular weight is 441 g/mol. The van der Waals surface area contributed by atoms with Crippen LogP contribution in [-0.2, 0) is 16.1 Å². The number of amides is 2. The van der Waals surface area contributed by atoms with Gasteiger partial charge in [0.2, 0.25) is 5.91 Å². The SMILES string of the molecule is CCC(C(=O)NC(C)(C)C)N(Cc1cccc(OC)c1)C(=O)COc1cc(C)ccc1C. The van der Waals surface area contributed by atoms with E-state index in [4.69, 9.17) is 9.47 Å². The Hall–Kier alpha value is -3.02. The largest absolute Gasteiger partial charge is 0.497 e. The van der Waals surface area contributed by atoms with E-state index in [-0.39, 0.29) is 25.0 Å². The van der Waals surface area contributed by atoms with Gasteiger partial charge in [0.1, 0.15) is 17.5 Å². The van der Waals surface area contributed by atoms with Gasteiger partial charge in [-0.3, -0.25) is 9.59 Å². The molecule has 2 aromatic carbocycles. The van der Waals surface area contributed by atoms with Crippen molar-refractivity contribution in [2.75, 3.05) is 13.7 Å². The zero-order valence-electron chi connectivity index (χ0n) is 20.3. The Bertz CT molecular complexity index is 934. The van der Waals surface area contributed by atoms with Crippen LogP contribution < -0.4 is 14.8 Å². The normalized spacial score (nSPS) is 12.1. The molecule has 0 aliphatic heterocycles. The molecule has 32 heavy (non-hydrogen) atoms. The molecule has 6 nitrogen and oxygen atoms in total. The maximum Gasteiger partial charge on any atom is 0.261 e. The van der Waals surface area contributed by atoms with Gasteiger partial charge < -0.3 is 19.7 Å². The summed E-state index contributed by atoms with van der Waals surface area (Å²) >= 11 is 0. The van der Waals surface area contributed by atoms with Gasteiger partial charge in [-0.1, -0.05) is 31.2 Å². The molecule has 0 saturated carbocycles. The number of nitrogens with one attached hydrogen (secondary N) is 1. The summed E-state index contributed by atoms with van der Waals surface area (Å²) in [6.45, 7) is 11.7. The number of benzene rings is 2. The van der Waals surface area contributed by atoms with E-state index in [1.54, 1.807) is 12.0 Å². The summed E-state index contributed by atoms with van der Waals surface area (Å²) in [6.07, 6.45) is 0.487. The molecule has 0 aliphatic carbocycles. The molecular formula is C26H36N2O4. The minimum Gasteiger partial charge on any atom is -0.497 e. The Labute approximate surface area is 191 Å². The summed E-state index contributed by atoms with van der Waals surface area (Å²) < 4.78 is 11.2. The number of rotatable bonds is 9. The topological polar surface area (TPSA) is 67.9 Å². The molecule has 0 radical (unpaired) electrons. The van der Waals surface area contributed by atoms with E-state index in [0.717, 1.165) is 16.7 Å². The van der Waals surface area contributed by atoms with Crippen molar-refractivity contribution >= 4 is 11.8 Å². The van der Waals surface area contributed by atoms with Crippen LogP contribution in [0.5, 0.6) is 11.5 Å². The van der Waals surface area contributed by atoms with Crippen LogP contribution in [-0.4, -0.2) is 42.0 Å². The minimum atomic E-state index is -0.616. The maximum absolute atomic E-state index is 13.3. The second-order valence-electron chi connectivity index (χ2n) is 9.09. The molecule has 1 unspecified atom stereocenters. The first-order chi connectivity index (χ1) is 15.0. The van der Waals surface area contributed by atoms with Crippen molar-refractivity contribution in [3.8, 4) is 11.5 Å². The highest BCUT2D eigenvalue weighted by atomic mass is 16.5. The number of nitrogens with zero attached hydrogens (tertiary/aromatic N) is 1. The summed E-state index contributed by atoms with van der Waals surface area (Å²) in [5.41, 5.74) is 2.50. The van der Waals surface area contributed by atoms with E-state index in [1.807, 2.05) is 84.0 Å². The first-order valence-corrected chi connectivity index (χ1v) is 11.0. The van der Waals surface area contributed by atoms with Crippen LogP contribution in [0.15, 0.2) is 42.5 Å². The fraction of sp³-hybridized carbons (Fsp3) is 0.462. The van der Waals surface area contributed by atoms with Crippen molar-refractivity contribution in [1.82, 2.24) is 10.2 Å². The fourth-order valence-corrected chi connectivity index (χ4v) is 3.43. The number of hydrogen-bond acceptors (Lipinski definition) is 4. The molecule has 0 aromatic heterocycles. The number of methoxy groups -OCH3 is 1. The van der Waals surface area contributed by atoms with Crippen LogP contribution in [0.1, 0.15) is 50.8 Å². The smallest absolute Gasteiger partial charge is 0.261 e. The summed E-state index contributed by atoms with van der Waals surface area (Å²) in [5, 5.41) is 3.01. The van der Waals surface area contributed by atoms with E-state index in [9.17, 15) is 9.59 Å². The summed E-state index contributed by atoms with van der Waals surface area (Å²) in [4.78, 5) is 28.0. The lowest BCUT2D eigenvalue weighted by Gasteiger charge is -2.33. The van der Waals surface area contributed by atoms with Crippen molar-refractivity contribution in [1.29, 1.82) is 0 Å². The Morgan fingerprint density at radius 3 is 2.44 bits per heavy atom. The van der Waals surface area contributed by atoms with Crippen molar-refractivity contribution in [2.24, 2.45) is 0 Å². The highest BCUT2D eigenvalue weighted by Crippen LogP contribution is 2.21. The van der Waals surface area contributed by atoms with Gasteiger partial charge in [0.05, 0.1) is 7.11 Å². The van der Waals surface area contributed by atoms with E-state index >= 15 is 0 Å². The zero-order valence-corrected chi connectivity index (χ0v) is 20.3. The molecule has 0 bridgehead atoms. The lowest BCUT2D eigenvalue weighted by molar-refractivity contribution is -0.143. The molecule has 0 fully saturated rings. The van der Waals surface area contributed by atoms with Crippen LogP contribution in [0.25, 0.3) is 0 Å². The second kappa shape index (κ2) is 11.0. The van der Waals surface area contributed by atoms with Gasteiger partial charge in [-0.15, -0.1) is 0 Å². The van der Waals surface area contributed by atoms with E-state index in [2.05, 4.69) is 5.32 Å². The highest BCUT2D eigenvalue weighted by molar-refractivity contribution is 5.88. The summed E-state index contributed by atoms with van der Waals surface area (Å²) in [5.74, 6) is 0.952. The van der Waals surface area contributed by atoms with Gasteiger partial charge in [-0.2, -0.15) is 0 Å². The average Bonchev–Trinajstić information content (AvgIpc) is 2.72. The Kier molecular flexibility index (Phi) is 8.70. The monoisotopic (exact) mass is 440 g/mol. The lowest BCUT2D eigenvalue weighted by Crippen LogP contribution is -2.54. The molecule has 0 saturated heterocycles. The molecule has 2 aromatic rings. The molecule has 2 rings (SSSR count). The van der Waals surface area contributed by atoms with Gasteiger partial charge in [-0.05, 0) is 75.9 Å². The van der Waals surface area contributed by atoms with Gasteiger partial charge >= 0.3 is 0 Å². The van der Waals surface area contributed by atoms with E-state index < -0.39 is 11.6 Å². The Balaban J connectivity index is 2.29. The van der Waals surface area contributed by atoms with Crippen LogP contribution >= 0.6 is 0 Å². The molecule has 174 valence electrons. The number of carbonyl (C=O) groups is 2. The van der Waals surface area contributed by atoms with Crippen molar-refractivity contribution in [2.45, 2.75) is 66.1 Å². The third-order valence-electron chi connectivity index (χ3n) is 5.07. The molecule has 1 atom stereocenters. The molecule has 0 aliphatic rings. The second-order valence-corrected chi connectivity index (χ2v) is 9.09. The predicted molar refractivity (Wildman–Crippen MR) is 127 cm³/mol. The van der Waals surface area contributed by atoms with Crippen LogP contribution in [0.4, 0.5) is 0 Å². The molecule has 2 amide bonds. The van der Waals surface area contributed by atoms with E-state index in [0.29, 0.717) is 17.9 Å². The lowest BCUT2D eigenvalue weighted by atomic mass is 10.1. The first kappa shape index (κ1) is 25.2. The van der Waals surface area contributed by atoms with Crippen molar-refractivity contribution in [3.63, 3.8) is 0 Å². The van der Waals surface area contributed by atoms with Gasteiger partial charge in [0.25, 0.3) is 5.91 Å². The molecule has 6 heteroatoms. The minimum absolute atomic E-state index is 0.145. The molecule has 1 N–H and O–H groups in total. The number of ether oxygens (including phenoxy) is 2. The van der Waals surface area contributed by atoms with E-state index in [1.165, 1.54) is 0 Å². The first-order valence-electron chi connectivity index (χ1n) is 11.0. The third-order valence-corrected chi connectivity index (χ3v) is 5.07. The van der Waals surface area contributed by atoms with Crippen LogP contribution in [0.2, 0.25) is 0 Å². The third kappa shape index (κ3) is 7.29. The van der Waals surface area contributed by atoms with Crippen molar-refractivity contribution in [3.05, 3.63) is 59.2 Å². The van der Waals surface area contributed by atoms with Gasteiger partial charge in [-0.25, -0.2) is 0 Å². The number of carbonyl (C=O) groups excluding carboxylic acids is 2. The number of hydrogen-bond donors (Lipinski definition) is 1. The number of aryl methyl sites for hydroxylation is 2. The highest BCUT2D eigenvalue weighted by Gasteiger charge is 2.31. The summed E-state index contributed by atoms with van der Waals surface area (Å²) in [7, 11) is 1.60. The molecule has 0 heterocycles. The van der Waals surface area contributed by atoms with Crippen LogP contribution in [0, 0.1) is 13.8 Å². The Morgan fingerprint density at radius 2 is 1.81 bits per heavy atom. The zero-order chi connectivity index (χ0) is 23.9. The molecular weight excluding hydrogens is 404 g/mol. The van der Waals surface area contributed by atoms with Crippen LogP contribution in [0.3, 0.4) is 0 Å². The molecule has 0 spiro atoms. The quantitative estimate of drug-likeness (QED) is 0.627. The van der Waals surface area contributed by atoms with Gasteiger partial charge in [0.15, 0.2) is 6.61 Å². The van der Waals surface area contributed by atoms with Crippen molar-refractivity contribution < 1.29 is 19.1 Å². The maximum atomic E-state index is 13.3. The summed E-state index contributed by atoms with van der Waals surface area (Å²) in [6, 6.07) is 12.8. The standard InChI is InChI=1S/C26H36N2O4/c1-8-22(25(30)27-26(4,5)6)28(16-20-10-9-11-21(15-20)31-7)24(29)17-32-23-14-18(2)12-13-19(23)3/h9-15,22H,8,16-17H2,1-7H3,(H,27,30). The fourth-order valence-electron chi connectivity index (χ4n) is 3.43.